The number of hydrogen-bond donors (Lipinski definition) is 0. The fraction of sp³-hybridized carbons (Fsp3) is 0. The standard InChI is InChI=1S/C56H36N2/c1-2-15-37(16-3-1)38-18-14-19-42(33-38)57-52-26-11-8-23-46(52)49-31-29-40(36-56(49)57)39-30-32-55-51(34-39)48-25-10-13-28-54(48)58(55)53-27-12-9-24-47(53)50-35-41-17-4-5-20-43(41)44-21-6-7-22-45(44)50/h1-36H. The van der Waals surface area contributed by atoms with Crippen molar-refractivity contribution in [1.82, 2.24) is 9.13 Å². The average molecular weight is 737 g/mol. The minimum absolute atomic E-state index is 1.15. The molecule has 0 aliphatic carbocycles. The molecule has 0 spiro atoms. The summed E-state index contributed by atoms with van der Waals surface area (Å²) < 4.78 is 4.90. The molecule has 0 aliphatic rings. The zero-order valence-electron chi connectivity index (χ0n) is 31.7. The van der Waals surface area contributed by atoms with Gasteiger partial charge in [0.15, 0.2) is 0 Å². The summed E-state index contributed by atoms with van der Waals surface area (Å²) in [5.41, 5.74) is 14.4. The summed E-state index contributed by atoms with van der Waals surface area (Å²) in [5.74, 6) is 0. The first kappa shape index (κ1) is 32.6. The molecule has 2 nitrogen and oxygen atoms in total. The smallest absolute Gasteiger partial charge is 0.0547 e. The first-order valence-electron chi connectivity index (χ1n) is 20.0. The lowest BCUT2D eigenvalue weighted by atomic mass is 9.92. The number of nitrogens with zero attached hydrogens (tertiary/aromatic N) is 2. The molecule has 270 valence electrons. The van der Waals surface area contributed by atoms with Crippen molar-refractivity contribution in [2.75, 3.05) is 0 Å². The molecule has 0 saturated heterocycles. The van der Waals surface area contributed by atoms with Gasteiger partial charge in [0.25, 0.3) is 0 Å². The molecule has 10 aromatic carbocycles. The Morgan fingerprint density at radius 2 is 0.810 bits per heavy atom. The van der Waals surface area contributed by atoms with Crippen molar-refractivity contribution in [2.45, 2.75) is 0 Å². The maximum absolute atomic E-state index is 2.47. The van der Waals surface area contributed by atoms with Gasteiger partial charge in [0.1, 0.15) is 0 Å². The average Bonchev–Trinajstić information content (AvgIpc) is 3.81. The predicted molar refractivity (Wildman–Crippen MR) is 246 cm³/mol. The number of rotatable bonds is 5. The van der Waals surface area contributed by atoms with E-state index in [0.29, 0.717) is 0 Å². The molecule has 0 fully saturated rings. The first-order chi connectivity index (χ1) is 28.8. The third-order valence-electron chi connectivity index (χ3n) is 12.1. The van der Waals surface area contributed by atoms with E-state index in [1.165, 1.54) is 104 Å². The second kappa shape index (κ2) is 12.9. The normalized spacial score (nSPS) is 11.8. The first-order valence-corrected chi connectivity index (χ1v) is 20.0. The fourth-order valence-corrected chi connectivity index (χ4v) is 9.47. The van der Waals surface area contributed by atoms with Crippen LogP contribution in [0.25, 0.3) is 110 Å². The Morgan fingerprint density at radius 3 is 1.66 bits per heavy atom. The van der Waals surface area contributed by atoms with Gasteiger partial charge in [-0.05, 0) is 104 Å². The van der Waals surface area contributed by atoms with Gasteiger partial charge in [-0.3, -0.25) is 0 Å². The van der Waals surface area contributed by atoms with E-state index in [9.17, 15) is 0 Å². The molecular weight excluding hydrogens is 701 g/mol. The summed E-state index contributed by atoms with van der Waals surface area (Å²) >= 11 is 0. The van der Waals surface area contributed by atoms with E-state index in [1.807, 2.05) is 0 Å². The Kier molecular flexibility index (Phi) is 7.26. The molecule has 0 unspecified atom stereocenters. The topological polar surface area (TPSA) is 9.86 Å². The van der Waals surface area contributed by atoms with Crippen molar-refractivity contribution >= 4 is 65.2 Å². The van der Waals surface area contributed by atoms with Gasteiger partial charge < -0.3 is 9.13 Å². The van der Waals surface area contributed by atoms with Gasteiger partial charge in [0, 0.05) is 32.8 Å². The summed E-state index contributed by atoms with van der Waals surface area (Å²) in [5, 5.41) is 10.0. The van der Waals surface area contributed by atoms with Gasteiger partial charge in [-0.1, -0.05) is 164 Å². The lowest BCUT2D eigenvalue weighted by Gasteiger charge is -2.17. The van der Waals surface area contributed by atoms with E-state index in [4.69, 9.17) is 0 Å². The van der Waals surface area contributed by atoms with Crippen LogP contribution in [0.1, 0.15) is 0 Å². The predicted octanol–water partition coefficient (Wildman–Crippen LogP) is 15.2. The Hall–Kier alpha value is -7.68. The van der Waals surface area contributed by atoms with E-state index >= 15 is 0 Å². The highest BCUT2D eigenvalue weighted by atomic mass is 15.0. The highest BCUT2D eigenvalue weighted by Crippen LogP contribution is 2.42. The molecule has 0 bridgehead atoms. The van der Waals surface area contributed by atoms with Crippen LogP contribution in [-0.4, -0.2) is 9.13 Å². The molecule has 2 heteroatoms. The van der Waals surface area contributed by atoms with Gasteiger partial charge in [-0.25, -0.2) is 0 Å². The van der Waals surface area contributed by atoms with E-state index in [1.54, 1.807) is 0 Å². The van der Waals surface area contributed by atoms with E-state index < -0.39 is 0 Å². The molecule has 0 saturated carbocycles. The summed E-state index contributed by atoms with van der Waals surface area (Å²) in [4.78, 5) is 0. The number of hydrogen-bond acceptors (Lipinski definition) is 0. The van der Waals surface area contributed by atoms with Gasteiger partial charge in [-0.2, -0.15) is 0 Å². The van der Waals surface area contributed by atoms with Crippen molar-refractivity contribution in [1.29, 1.82) is 0 Å². The third-order valence-corrected chi connectivity index (χ3v) is 12.1. The van der Waals surface area contributed by atoms with Crippen LogP contribution in [-0.2, 0) is 0 Å². The summed E-state index contributed by atoms with van der Waals surface area (Å²) in [7, 11) is 0. The summed E-state index contributed by atoms with van der Waals surface area (Å²) in [6.45, 7) is 0. The summed E-state index contributed by atoms with van der Waals surface area (Å²) in [6.07, 6.45) is 0. The van der Waals surface area contributed by atoms with Crippen LogP contribution in [0.2, 0.25) is 0 Å². The Morgan fingerprint density at radius 1 is 0.241 bits per heavy atom. The quantitative estimate of drug-likeness (QED) is 0.156. The monoisotopic (exact) mass is 736 g/mol. The van der Waals surface area contributed by atoms with Crippen molar-refractivity contribution in [3.05, 3.63) is 218 Å². The molecule has 2 aromatic heterocycles. The Bertz CT molecular complexity index is 3570. The molecule has 12 rings (SSSR count). The maximum Gasteiger partial charge on any atom is 0.0547 e. The molecule has 12 aromatic rings. The Balaban J connectivity index is 1.05. The lowest BCUT2D eigenvalue weighted by molar-refractivity contribution is 1.18. The van der Waals surface area contributed by atoms with Crippen LogP contribution in [0.15, 0.2) is 218 Å². The van der Waals surface area contributed by atoms with Gasteiger partial charge in [-0.15, -0.1) is 0 Å². The zero-order valence-corrected chi connectivity index (χ0v) is 31.7. The number of benzene rings is 10. The molecule has 0 N–H and O–H groups in total. The largest absolute Gasteiger partial charge is 0.309 e. The molecule has 2 heterocycles. The lowest BCUT2D eigenvalue weighted by Crippen LogP contribution is -1.97. The van der Waals surface area contributed by atoms with E-state index in [2.05, 4.69) is 228 Å². The van der Waals surface area contributed by atoms with Crippen LogP contribution in [0.5, 0.6) is 0 Å². The highest BCUT2D eigenvalue weighted by molar-refractivity contribution is 6.16. The van der Waals surface area contributed by atoms with E-state index in [0.717, 1.165) is 5.69 Å². The molecule has 0 aliphatic heterocycles. The van der Waals surface area contributed by atoms with Crippen LogP contribution < -0.4 is 0 Å². The SMILES string of the molecule is c1ccc(-c2cccc(-n3c4ccccc4c4ccc(-c5ccc6c(c5)c5ccccc5n6-c5ccccc5-c5cc6ccccc6c6ccccc56)cc43)c2)cc1. The second-order valence-corrected chi connectivity index (χ2v) is 15.3. The molecule has 0 atom stereocenters. The fourth-order valence-electron chi connectivity index (χ4n) is 9.47. The number of aromatic nitrogens is 2. The van der Waals surface area contributed by atoms with E-state index in [-0.39, 0.29) is 0 Å². The van der Waals surface area contributed by atoms with Crippen LogP contribution in [0, 0.1) is 0 Å². The van der Waals surface area contributed by atoms with Crippen molar-refractivity contribution in [3.63, 3.8) is 0 Å². The number of para-hydroxylation sites is 3. The van der Waals surface area contributed by atoms with Crippen molar-refractivity contribution in [2.24, 2.45) is 0 Å². The molecule has 0 amide bonds. The summed E-state index contributed by atoms with van der Waals surface area (Å²) in [6, 6.07) is 80.0. The molecular formula is C56H36N2. The Labute approximate surface area is 336 Å². The van der Waals surface area contributed by atoms with Crippen LogP contribution in [0.3, 0.4) is 0 Å². The minimum atomic E-state index is 1.15. The highest BCUT2D eigenvalue weighted by Gasteiger charge is 2.19. The van der Waals surface area contributed by atoms with Gasteiger partial charge >= 0.3 is 0 Å². The second-order valence-electron chi connectivity index (χ2n) is 15.3. The maximum atomic E-state index is 2.47. The van der Waals surface area contributed by atoms with Gasteiger partial charge in [0.2, 0.25) is 0 Å². The van der Waals surface area contributed by atoms with Crippen LogP contribution in [0.4, 0.5) is 0 Å². The third kappa shape index (κ3) is 4.99. The van der Waals surface area contributed by atoms with Crippen molar-refractivity contribution in [3.8, 4) is 44.8 Å². The minimum Gasteiger partial charge on any atom is -0.309 e. The molecule has 0 radical (unpaired) electrons. The van der Waals surface area contributed by atoms with Crippen LogP contribution >= 0.6 is 0 Å². The zero-order chi connectivity index (χ0) is 38.2. The van der Waals surface area contributed by atoms with Crippen molar-refractivity contribution < 1.29 is 0 Å². The molecule has 58 heavy (non-hydrogen) atoms. The van der Waals surface area contributed by atoms with Gasteiger partial charge in [0.05, 0.1) is 27.8 Å². The number of fused-ring (bicyclic) bond motifs is 9.